The van der Waals surface area contributed by atoms with Gasteiger partial charge in [-0.25, -0.2) is 8.42 Å². The molecule has 0 bridgehead atoms. The first kappa shape index (κ1) is 25.9. The van der Waals surface area contributed by atoms with Crippen molar-refractivity contribution in [1.29, 1.82) is 0 Å². The Balaban J connectivity index is 1.42. The number of pyridine rings is 1. The average Bonchev–Trinajstić information content (AvgIpc) is 3.07. The summed E-state index contributed by atoms with van der Waals surface area (Å²) in [5, 5.41) is 9.12. The molecule has 1 aliphatic rings. The van der Waals surface area contributed by atoms with Gasteiger partial charge in [0, 0.05) is 37.1 Å². The number of carbonyl (C=O) groups is 2. The van der Waals surface area contributed by atoms with E-state index in [0.717, 1.165) is 17.4 Å². The number of carbonyl (C=O) groups excluding carboxylic acids is 2. The highest BCUT2D eigenvalue weighted by Gasteiger charge is 2.22. The van der Waals surface area contributed by atoms with Gasteiger partial charge in [0.15, 0.2) is 0 Å². The van der Waals surface area contributed by atoms with E-state index < -0.39 is 10.0 Å². The molecule has 0 unspecified atom stereocenters. The number of nitrogens with one attached hydrogen (secondary N) is 3. The number of benzene rings is 3. The van der Waals surface area contributed by atoms with Crippen LogP contribution in [0.25, 0.3) is 11.1 Å². The molecule has 3 aromatic carbocycles. The van der Waals surface area contributed by atoms with E-state index >= 15 is 0 Å². The largest absolute Gasteiger partial charge is 0.353 e. The first-order valence-electron chi connectivity index (χ1n) is 12.3. The van der Waals surface area contributed by atoms with Gasteiger partial charge in [0.25, 0.3) is 11.8 Å². The maximum Gasteiger partial charge on any atom is 0.257 e. The van der Waals surface area contributed by atoms with Crippen LogP contribution in [0.5, 0.6) is 0 Å². The highest BCUT2D eigenvalue weighted by atomic mass is 32.2. The molecule has 1 aliphatic heterocycles. The molecule has 2 amide bonds. The number of sulfonamides is 1. The van der Waals surface area contributed by atoms with Crippen molar-refractivity contribution in [3.8, 4) is 11.1 Å². The molecular weight excluding hydrogens is 514 g/mol. The zero-order chi connectivity index (χ0) is 27.6. The van der Waals surface area contributed by atoms with E-state index in [-0.39, 0.29) is 11.8 Å². The van der Waals surface area contributed by atoms with Gasteiger partial charge in [-0.15, -0.1) is 0 Å². The van der Waals surface area contributed by atoms with Gasteiger partial charge in [0.1, 0.15) is 0 Å². The van der Waals surface area contributed by atoms with Crippen molar-refractivity contribution < 1.29 is 18.0 Å². The van der Waals surface area contributed by atoms with Gasteiger partial charge in [-0.3, -0.25) is 18.9 Å². The van der Waals surface area contributed by atoms with Gasteiger partial charge in [0.2, 0.25) is 10.0 Å². The lowest BCUT2D eigenvalue weighted by Crippen LogP contribution is -2.25. The standard InChI is InChI=1S/C29H27N5O4S/c1-34(39(2,37)38)27-6-4-3-5-22(27)20-7-9-23-25(17-20)32-26-18-21(8-10-24(26)33-29(23)36)28(35)31-16-13-19-11-14-30-15-12-19/h3-12,14-15,17-18,32H,13,16H2,1-2H3,(H,31,35)(H,33,36). The van der Waals surface area contributed by atoms with Gasteiger partial charge >= 0.3 is 0 Å². The summed E-state index contributed by atoms with van der Waals surface area (Å²) >= 11 is 0. The third-order valence-corrected chi connectivity index (χ3v) is 7.76. The Labute approximate surface area is 226 Å². The normalized spacial score (nSPS) is 12.3. The van der Waals surface area contributed by atoms with Crippen molar-refractivity contribution in [2.45, 2.75) is 6.42 Å². The molecule has 0 fully saturated rings. The summed E-state index contributed by atoms with van der Waals surface area (Å²) in [5.74, 6) is -0.519. The minimum Gasteiger partial charge on any atom is -0.353 e. The average molecular weight is 542 g/mol. The van der Waals surface area contributed by atoms with E-state index in [2.05, 4.69) is 20.9 Å². The van der Waals surface area contributed by atoms with Crippen molar-refractivity contribution in [1.82, 2.24) is 10.3 Å². The zero-order valence-corrected chi connectivity index (χ0v) is 22.2. The molecule has 2 heterocycles. The molecule has 5 rings (SSSR count). The van der Waals surface area contributed by atoms with E-state index in [4.69, 9.17) is 0 Å². The predicted molar refractivity (Wildman–Crippen MR) is 153 cm³/mol. The van der Waals surface area contributed by atoms with Crippen molar-refractivity contribution in [2.75, 3.05) is 34.8 Å². The SMILES string of the molecule is CN(c1ccccc1-c1ccc2c(c1)Nc1cc(C(=O)NCCc3ccncc3)ccc1NC2=O)S(C)(=O)=O. The molecule has 0 radical (unpaired) electrons. The lowest BCUT2D eigenvalue weighted by atomic mass is 10.0. The Bertz CT molecular complexity index is 1670. The van der Waals surface area contributed by atoms with Crippen LogP contribution < -0.4 is 20.3 Å². The highest BCUT2D eigenvalue weighted by molar-refractivity contribution is 7.92. The number of aromatic nitrogens is 1. The van der Waals surface area contributed by atoms with Crippen LogP contribution in [0.15, 0.2) is 85.2 Å². The van der Waals surface area contributed by atoms with Crippen LogP contribution in [0, 0.1) is 0 Å². The van der Waals surface area contributed by atoms with Crippen LogP contribution in [-0.4, -0.2) is 45.1 Å². The Kier molecular flexibility index (Phi) is 7.03. The molecule has 3 N–H and O–H groups in total. The molecule has 4 aromatic rings. The van der Waals surface area contributed by atoms with E-state index in [9.17, 15) is 18.0 Å². The number of amides is 2. The monoisotopic (exact) mass is 541 g/mol. The minimum atomic E-state index is -3.48. The molecule has 0 saturated heterocycles. The van der Waals surface area contributed by atoms with Crippen molar-refractivity contribution >= 4 is 44.6 Å². The minimum absolute atomic E-state index is 0.226. The number of nitrogens with zero attached hydrogens (tertiary/aromatic N) is 2. The lowest BCUT2D eigenvalue weighted by molar-refractivity contribution is 0.0953. The first-order valence-corrected chi connectivity index (χ1v) is 14.1. The number of hydrogen-bond acceptors (Lipinski definition) is 6. The quantitative estimate of drug-likeness (QED) is 0.318. The van der Waals surface area contributed by atoms with Crippen LogP contribution in [0.3, 0.4) is 0 Å². The van der Waals surface area contributed by atoms with Crippen molar-refractivity contribution in [3.63, 3.8) is 0 Å². The maximum absolute atomic E-state index is 13.0. The molecule has 39 heavy (non-hydrogen) atoms. The smallest absolute Gasteiger partial charge is 0.257 e. The van der Waals surface area contributed by atoms with Gasteiger partial charge in [-0.2, -0.15) is 0 Å². The summed E-state index contributed by atoms with van der Waals surface area (Å²) in [6.07, 6.45) is 5.26. The molecule has 9 nitrogen and oxygen atoms in total. The van der Waals surface area contributed by atoms with Crippen LogP contribution >= 0.6 is 0 Å². The fraction of sp³-hybridized carbons (Fsp3) is 0.138. The molecule has 198 valence electrons. The number of rotatable bonds is 7. The molecule has 0 spiro atoms. The third-order valence-electron chi connectivity index (χ3n) is 6.56. The van der Waals surface area contributed by atoms with Crippen LogP contribution in [0.4, 0.5) is 22.7 Å². The first-order chi connectivity index (χ1) is 18.7. The summed E-state index contributed by atoms with van der Waals surface area (Å²) in [7, 11) is -1.98. The second-order valence-corrected chi connectivity index (χ2v) is 11.2. The fourth-order valence-electron chi connectivity index (χ4n) is 4.39. The Morgan fingerprint density at radius 1 is 0.897 bits per heavy atom. The van der Waals surface area contributed by atoms with Crippen LogP contribution in [0.1, 0.15) is 26.3 Å². The molecule has 10 heteroatoms. The summed E-state index contributed by atoms with van der Waals surface area (Å²) in [6.45, 7) is 0.470. The third kappa shape index (κ3) is 5.60. The van der Waals surface area contributed by atoms with Gasteiger partial charge in [-0.1, -0.05) is 24.3 Å². The summed E-state index contributed by atoms with van der Waals surface area (Å²) in [4.78, 5) is 29.8. The number of para-hydroxylation sites is 1. The number of hydrogen-bond donors (Lipinski definition) is 3. The number of fused-ring (bicyclic) bond motifs is 2. The topological polar surface area (TPSA) is 120 Å². The van der Waals surface area contributed by atoms with Crippen LogP contribution in [-0.2, 0) is 16.4 Å². The van der Waals surface area contributed by atoms with E-state index in [1.54, 1.807) is 60.9 Å². The predicted octanol–water partition coefficient (Wildman–Crippen LogP) is 4.43. The fourth-order valence-corrected chi connectivity index (χ4v) is 4.91. The Morgan fingerprint density at radius 2 is 1.67 bits per heavy atom. The van der Waals surface area contributed by atoms with E-state index in [1.807, 2.05) is 24.3 Å². The van der Waals surface area contributed by atoms with Crippen molar-refractivity contribution in [2.24, 2.45) is 0 Å². The molecule has 0 atom stereocenters. The number of anilines is 4. The highest BCUT2D eigenvalue weighted by Crippen LogP contribution is 2.37. The molecule has 0 saturated carbocycles. The van der Waals surface area contributed by atoms with Crippen molar-refractivity contribution in [3.05, 3.63) is 102 Å². The Hall–Kier alpha value is -4.70. The molecule has 0 aliphatic carbocycles. The van der Waals surface area contributed by atoms with Gasteiger partial charge in [-0.05, 0) is 66.1 Å². The molecule has 1 aromatic heterocycles. The van der Waals surface area contributed by atoms with E-state index in [1.165, 1.54) is 11.4 Å². The second-order valence-electron chi connectivity index (χ2n) is 9.21. The van der Waals surface area contributed by atoms with Crippen LogP contribution in [0.2, 0.25) is 0 Å². The lowest BCUT2D eigenvalue weighted by Gasteiger charge is -2.21. The summed E-state index contributed by atoms with van der Waals surface area (Å²) < 4.78 is 25.7. The van der Waals surface area contributed by atoms with Gasteiger partial charge < -0.3 is 16.0 Å². The maximum atomic E-state index is 13.0. The summed E-state index contributed by atoms with van der Waals surface area (Å²) in [6, 6.07) is 21.3. The zero-order valence-electron chi connectivity index (χ0n) is 21.4. The van der Waals surface area contributed by atoms with E-state index in [0.29, 0.717) is 52.4 Å². The molecular formula is C29H27N5O4S. The van der Waals surface area contributed by atoms with Gasteiger partial charge in [0.05, 0.1) is 34.6 Å². The second kappa shape index (κ2) is 10.6. The summed E-state index contributed by atoms with van der Waals surface area (Å²) in [5.41, 5.74) is 5.55. The Morgan fingerprint density at radius 3 is 2.44 bits per heavy atom.